The van der Waals surface area contributed by atoms with Gasteiger partial charge >= 0.3 is 0 Å². The number of benzene rings is 2. The molecule has 0 fully saturated rings. The predicted molar refractivity (Wildman–Crippen MR) is 83.8 cm³/mol. The SMILES string of the molecule is CNCc1ccccc1Cc1ccnc2ccccc12. The maximum absolute atomic E-state index is 4.43. The first-order valence-electron chi connectivity index (χ1n) is 6.92. The molecule has 3 aromatic rings. The van der Waals surface area contributed by atoms with E-state index in [0.717, 1.165) is 18.5 Å². The van der Waals surface area contributed by atoms with Gasteiger partial charge in [0.2, 0.25) is 0 Å². The molecule has 0 spiro atoms. The molecule has 20 heavy (non-hydrogen) atoms. The number of fused-ring (bicyclic) bond motifs is 1. The van der Waals surface area contributed by atoms with E-state index in [4.69, 9.17) is 0 Å². The van der Waals surface area contributed by atoms with Gasteiger partial charge in [-0.3, -0.25) is 4.98 Å². The predicted octanol–water partition coefficient (Wildman–Crippen LogP) is 3.55. The Bertz CT molecular complexity index is 714. The molecule has 2 aromatic carbocycles. The van der Waals surface area contributed by atoms with Gasteiger partial charge in [-0.1, -0.05) is 42.5 Å². The monoisotopic (exact) mass is 262 g/mol. The number of pyridine rings is 1. The zero-order valence-corrected chi connectivity index (χ0v) is 11.6. The molecule has 2 heteroatoms. The lowest BCUT2D eigenvalue weighted by atomic mass is 9.97. The van der Waals surface area contributed by atoms with Gasteiger partial charge in [0.1, 0.15) is 0 Å². The molecular weight excluding hydrogens is 244 g/mol. The third-order valence-corrected chi connectivity index (χ3v) is 3.61. The van der Waals surface area contributed by atoms with Gasteiger partial charge in [0.25, 0.3) is 0 Å². The topological polar surface area (TPSA) is 24.9 Å². The van der Waals surface area contributed by atoms with Crippen LogP contribution in [0.4, 0.5) is 0 Å². The molecule has 1 aromatic heterocycles. The van der Waals surface area contributed by atoms with Gasteiger partial charge < -0.3 is 5.32 Å². The van der Waals surface area contributed by atoms with Crippen LogP contribution in [-0.4, -0.2) is 12.0 Å². The summed E-state index contributed by atoms with van der Waals surface area (Å²) in [5, 5.41) is 4.48. The third kappa shape index (κ3) is 2.56. The van der Waals surface area contributed by atoms with Gasteiger partial charge in [0.15, 0.2) is 0 Å². The highest BCUT2D eigenvalue weighted by atomic mass is 14.8. The molecule has 0 bridgehead atoms. The molecule has 3 rings (SSSR count). The Labute approximate surface area is 119 Å². The molecule has 0 saturated carbocycles. The number of rotatable bonds is 4. The summed E-state index contributed by atoms with van der Waals surface area (Å²) in [5.74, 6) is 0. The zero-order chi connectivity index (χ0) is 13.8. The van der Waals surface area contributed by atoms with Crippen LogP contribution in [0.5, 0.6) is 0 Å². The molecule has 1 heterocycles. The van der Waals surface area contributed by atoms with Gasteiger partial charge in [0.05, 0.1) is 5.52 Å². The average Bonchev–Trinajstić information content (AvgIpc) is 2.50. The first-order chi connectivity index (χ1) is 9.88. The quantitative estimate of drug-likeness (QED) is 0.778. The molecule has 0 unspecified atom stereocenters. The van der Waals surface area contributed by atoms with Crippen LogP contribution >= 0.6 is 0 Å². The third-order valence-electron chi connectivity index (χ3n) is 3.61. The molecule has 0 aliphatic carbocycles. The van der Waals surface area contributed by atoms with E-state index in [2.05, 4.69) is 58.8 Å². The van der Waals surface area contributed by atoms with E-state index in [1.807, 2.05) is 19.3 Å². The summed E-state index contributed by atoms with van der Waals surface area (Å²) < 4.78 is 0. The number of para-hydroxylation sites is 1. The summed E-state index contributed by atoms with van der Waals surface area (Å²) in [6, 6.07) is 19.1. The summed E-state index contributed by atoms with van der Waals surface area (Å²) in [4.78, 5) is 4.43. The molecule has 1 N–H and O–H groups in total. The van der Waals surface area contributed by atoms with E-state index >= 15 is 0 Å². The average molecular weight is 262 g/mol. The highest BCUT2D eigenvalue weighted by Gasteiger charge is 2.05. The minimum atomic E-state index is 0.902. The second-order valence-corrected chi connectivity index (χ2v) is 4.96. The first-order valence-corrected chi connectivity index (χ1v) is 6.92. The highest BCUT2D eigenvalue weighted by molar-refractivity contribution is 5.82. The Morgan fingerprint density at radius 3 is 2.45 bits per heavy atom. The van der Waals surface area contributed by atoms with Crippen molar-refractivity contribution in [2.24, 2.45) is 0 Å². The van der Waals surface area contributed by atoms with Crippen LogP contribution in [-0.2, 0) is 13.0 Å². The number of nitrogens with zero attached hydrogens (tertiary/aromatic N) is 1. The fourth-order valence-corrected chi connectivity index (χ4v) is 2.61. The maximum Gasteiger partial charge on any atom is 0.0704 e. The van der Waals surface area contributed by atoms with Crippen molar-refractivity contribution in [3.63, 3.8) is 0 Å². The zero-order valence-electron chi connectivity index (χ0n) is 11.6. The van der Waals surface area contributed by atoms with Crippen molar-refractivity contribution in [3.8, 4) is 0 Å². The van der Waals surface area contributed by atoms with Crippen LogP contribution in [0, 0.1) is 0 Å². The van der Waals surface area contributed by atoms with Crippen molar-refractivity contribution in [1.82, 2.24) is 10.3 Å². The van der Waals surface area contributed by atoms with Crippen LogP contribution in [0.15, 0.2) is 60.8 Å². The van der Waals surface area contributed by atoms with Crippen LogP contribution in [0.2, 0.25) is 0 Å². The van der Waals surface area contributed by atoms with Crippen molar-refractivity contribution in [2.45, 2.75) is 13.0 Å². The standard InChI is InChI=1S/C18H18N2/c1-19-13-16-7-3-2-6-14(16)12-15-10-11-20-18-9-5-4-8-17(15)18/h2-11,19H,12-13H2,1H3. The highest BCUT2D eigenvalue weighted by Crippen LogP contribution is 2.21. The summed E-state index contributed by atoms with van der Waals surface area (Å²) in [7, 11) is 1.98. The van der Waals surface area contributed by atoms with Crippen molar-refractivity contribution in [3.05, 3.63) is 77.5 Å². The molecule has 0 aliphatic rings. The molecule has 0 saturated heterocycles. The summed E-state index contributed by atoms with van der Waals surface area (Å²) >= 11 is 0. The van der Waals surface area contributed by atoms with Crippen molar-refractivity contribution >= 4 is 10.9 Å². The van der Waals surface area contributed by atoms with Crippen molar-refractivity contribution < 1.29 is 0 Å². The molecular formula is C18H18N2. The van der Waals surface area contributed by atoms with Crippen LogP contribution < -0.4 is 5.32 Å². The molecule has 0 amide bonds. The lowest BCUT2D eigenvalue weighted by Crippen LogP contribution is -2.08. The Kier molecular flexibility index (Phi) is 3.75. The van der Waals surface area contributed by atoms with E-state index in [0.29, 0.717) is 0 Å². The lowest BCUT2D eigenvalue weighted by Gasteiger charge is -2.11. The lowest BCUT2D eigenvalue weighted by molar-refractivity contribution is 0.808. The van der Waals surface area contributed by atoms with Crippen LogP contribution in [0.3, 0.4) is 0 Å². The van der Waals surface area contributed by atoms with Gasteiger partial charge in [-0.2, -0.15) is 0 Å². The summed E-state index contributed by atoms with van der Waals surface area (Å²) in [6.45, 7) is 0.902. The molecule has 100 valence electrons. The first kappa shape index (κ1) is 12.8. The van der Waals surface area contributed by atoms with E-state index < -0.39 is 0 Å². The minimum Gasteiger partial charge on any atom is -0.316 e. The van der Waals surface area contributed by atoms with Crippen LogP contribution in [0.1, 0.15) is 16.7 Å². The molecule has 0 aliphatic heterocycles. The Hall–Kier alpha value is -2.19. The van der Waals surface area contributed by atoms with Crippen molar-refractivity contribution in [1.29, 1.82) is 0 Å². The Morgan fingerprint density at radius 2 is 1.60 bits per heavy atom. The summed E-state index contributed by atoms with van der Waals surface area (Å²) in [5.41, 5.74) is 5.13. The molecule has 0 radical (unpaired) electrons. The number of nitrogens with one attached hydrogen (secondary N) is 1. The van der Waals surface area contributed by atoms with Crippen LogP contribution in [0.25, 0.3) is 10.9 Å². The van der Waals surface area contributed by atoms with E-state index in [-0.39, 0.29) is 0 Å². The van der Waals surface area contributed by atoms with E-state index in [1.165, 1.54) is 22.1 Å². The summed E-state index contributed by atoms with van der Waals surface area (Å²) in [6.07, 6.45) is 2.85. The van der Waals surface area contributed by atoms with E-state index in [1.54, 1.807) is 0 Å². The number of hydrogen-bond acceptors (Lipinski definition) is 2. The molecule has 0 atom stereocenters. The normalized spacial score (nSPS) is 10.8. The Morgan fingerprint density at radius 1 is 0.850 bits per heavy atom. The second kappa shape index (κ2) is 5.85. The fourth-order valence-electron chi connectivity index (χ4n) is 2.61. The minimum absolute atomic E-state index is 0.902. The van der Waals surface area contributed by atoms with Crippen molar-refractivity contribution in [2.75, 3.05) is 7.05 Å². The Balaban J connectivity index is 2.01. The van der Waals surface area contributed by atoms with E-state index in [9.17, 15) is 0 Å². The second-order valence-electron chi connectivity index (χ2n) is 4.96. The van der Waals surface area contributed by atoms with Gasteiger partial charge in [0, 0.05) is 18.1 Å². The van der Waals surface area contributed by atoms with Gasteiger partial charge in [-0.25, -0.2) is 0 Å². The largest absolute Gasteiger partial charge is 0.316 e. The smallest absolute Gasteiger partial charge is 0.0704 e. The molecule has 2 nitrogen and oxygen atoms in total. The number of aromatic nitrogens is 1. The maximum atomic E-state index is 4.43. The van der Waals surface area contributed by atoms with Gasteiger partial charge in [-0.15, -0.1) is 0 Å². The fraction of sp³-hybridized carbons (Fsp3) is 0.167. The number of hydrogen-bond donors (Lipinski definition) is 1. The van der Waals surface area contributed by atoms with Gasteiger partial charge in [-0.05, 0) is 42.3 Å².